The van der Waals surface area contributed by atoms with Crippen molar-refractivity contribution in [2.75, 3.05) is 49.6 Å². The van der Waals surface area contributed by atoms with Crippen LogP contribution in [0.15, 0.2) is 48.5 Å². The number of hydrogen-bond donors (Lipinski definition) is 1. The lowest BCUT2D eigenvalue weighted by molar-refractivity contribution is -0.141. The molecule has 0 bridgehead atoms. The normalized spacial score (nSPS) is 19.5. The van der Waals surface area contributed by atoms with Crippen molar-refractivity contribution in [2.24, 2.45) is 0 Å². The molecule has 1 N–H and O–H groups in total. The number of amides is 4. The molecule has 2 aromatic carbocycles. The van der Waals surface area contributed by atoms with Crippen molar-refractivity contribution in [2.45, 2.75) is 37.6 Å². The van der Waals surface area contributed by atoms with E-state index in [1.807, 2.05) is 40.1 Å². The fourth-order valence-electron chi connectivity index (χ4n) is 5.59. The Morgan fingerprint density at radius 2 is 1.59 bits per heavy atom. The molecule has 3 saturated heterocycles. The van der Waals surface area contributed by atoms with Crippen LogP contribution < -0.4 is 10.2 Å². The third-order valence-corrected chi connectivity index (χ3v) is 7.67. The first-order chi connectivity index (χ1) is 17.9. The Bertz CT molecular complexity index is 1160. The summed E-state index contributed by atoms with van der Waals surface area (Å²) in [6, 6.07) is 12.1. The molecule has 1 spiro atoms. The third-order valence-electron chi connectivity index (χ3n) is 7.67. The molecule has 0 unspecified atom stereocenters. The number of likely N-dealkylation sites (tertiary alicyclic amines) is 2. The smallest absolute Gasteiger partial charge is 0.321 e. The Morgan fingerprint density at radius 3 is 2.27 bits per heavy atom. The molecule has 3 aliphatic rings. The molecule has 0 saturated carbocycles. The highest BCUT2D eigenvalue weighted by molar-refractivity contribution is 5.97. The number of nitrogens with one attached hydrogen (secondary N) is 1. The van der Waals surface area contributed by atoms with E-state index < -0.39 is 23.2 Å². The minimum atomic E-state index is -0.874. The van der Waals surface area contributed by atoms with Gasteiger partial charge in [-0.25, -0.2) is 13.6 Å². The van der Waals surface area contributed by atoms with Gasteiger partial charge in [-0.1, -0.05) is 18.2 Å². The van der Waals surface area contributed by atoms with E-state index in [1.165, 1.54) is 11.0 Å². The number of halogens is 2. The Labute approximate surface area is 214 Å². The average molecular weight is 512 g/mol. The lowest BCUT2D eigenvalue weighted by Crippen LogP contribution is -2.58. The van der Waals surface area contributed by atoms with Crippen LogP contribution in [0, 0.1) is 11.6 Å². The summed E-state index contributed by atoms with van der Waals surface area (Å²) in [7, 11) is 0. The fraction of sp³-hybridized carbons (Fsp3) is 0.444. The van der Waals surface area contributed by atoms with E-state index in [-0.39, 0.29) is 37.1 Å². The van der Waals surface area contributed by atoms with Gasteiger partial charge in [-0.05, 0) is 56.4 Å². The zero-order valence-corrected chi connectivity index (χ0v) is 20.7. The molecular weight excluding hydrogens is 480 g/mol. The second-order valence-electron chi connectivity index (χ2n) is 9.92. The van der Waals surface area contributed by atoms with Crippen molar-refractivity contribution >= 4 is 29.2 Å². The number of carbonyl (C=O) groups is 3. The molecule has 37 heavy (non-hydrogen) atoms. The maximum Gasteiger partial charge on any atom is 0.321 e. The molecule has 10 heteroatoms. The maximum absolute atomic E-state index is 14.0. The SMILES string of the molecule is O=C(CN1CN(c2ccccc2)C2(CCN(C(=O)Nc3ccc(F)cc3F)CC2)C1=O)N1CCCCC1. The van der Waals surface area contributed by atoms with Crippen LogP contribution in [0.2, 0.25) is 0 Å². The molecule has 4 amide bonds. The lowest BCUT2D eigenvalue weighted by atomic mass is 9.85. The topological polar surface area (TPSA) is 76.2 Å². The van der Waals surface area contributed by atoms with Crippen molar-refractivity contribution < 1.29 is 23.2 Å². The summed E-state index contributed by atoms with van der Waals surface area (Å²) in [5.74, 6) is -1.71. The van der Waals surface area contributed by atoms with E-state index in [1.54, 1.807) is 4.90 Å². The van der Waals surface area contributed by atoms with Crippen molar-refractivity contribution in [3.05, 3.63) is 60.2 Å². The lowest BCUT2D eigenvalue weighted by Gasteiger charge is -2.43. The van der Waals surface area contributed by atoms with Crippen molar-refractivity contribution in [3.8, 4) is 0 Å². The number of piperidine rings is 2. The van der Waals surface area contributed by atoms with Crippen LogP contribution in [0.1, 0.15) is 32.1 Å². The van der Waals surface area contributed by atoms with Gasteiger partial charge in [0.05, 0.1) is 12.4 Å². The van der Waals surface area contributed by atoms with Gasteiger partial charge in [0, 0.05) is 37.9 Å². The van der Waals surface area contributed by atoms with Gasteiger partial charge in [-0.15, -0.1) is 0 Å². The Balaban J connectivity index is 1.31. The zero-order valence-electron chi connectivity index (χ0n) is 20.7. The highest BCUT2D eigenvalue weighted by Crippen LogP contribution is 2.39. The van der Waals surface area contributed by atoms with E-state index in [9.17, 15) is 23.2 Å². The molecular formula is C27H31F2N5O3. The van der Waals surface area contributed by atoms with Crippen LogP contribution in [0.5, 0.6) is 0 Å². The fourth-order valence-corrected chi connectivity index (χ4v) is 5.59. The van der Waals surface area contributed by atoms with Crippen LogP contribution >= 0.6 is 0 Å². The average Bonchev–Trinajstić information content (AvgIpc) is 3.17. The standard InChI is InChI=1S/C27H31F2N5O3/c28-20-9-10-23(22(29)17-20)30-26(37)32-15-11-27(12-16-32)25(36)33(18-24(35)31-13-5-2-6-14-31)19-34(27)21-7-3-1-4-8-21/h1,3-4,7-10,17H,2,5-6,11-16,18-19H2,(H,30,37). The molecule has 0 aromatic heterocycles. The van der Waals surface area contributed by atoms with Gasteiger partial charge in [0.25, 0.3) is 5.91 Å². The number of anilines is 2. The molecule has 3 aliphatic heterocycles. The van der Waals surface area contributed by atoms with E-state index in [2.05, 4.69) is 5.32 Å². The second-order valence-corrected chi connectivity index (χ2v) is 9.92. The minimum Gasteiger partial charge on any atom is -0.341 e. The summed E-state index contributed by atoms with van der Waals surface area (Å²) in [5.41, 5.74) is -0.0893. The van der Waals surface area contributed by atoms with Gasteiger partial charge in [-0.2, -0.15) is 0 Å². The van der Waals surface area contributed by atoms with Crippen molar-refractivity contribution in [1.29, 1.82) is 0 Å². The van der Waals surface area contributed by atoms with E-state index >= 15 is 0 Å². The predicted octanol–water partition coefficient (Wildman–Crippen LogP) is 3.65. The molecule has 0 radical (unpaired) electrons. The van der Waals surface area contributed by atoms with E-state index in [0.29, 0.717) is 19.5 Å². The molecule has 3 fully saturated rings. The molecule has 8 nitrogen and oxygen atoms in total. The number of urea groups is 1. The number of rotatable bonds is 4. The minimum absolute atomic E-state index is 0.0313. The third kappa shape index (κ3) is 4.97. The molecule has 0 aliphatic carbocycles. The highest BCUT2D eigenvalue weighted by Gasteiger charge is 2.54. The molecule has 5 rings (SSSR count). The summed E-state index contributed by atoms with van der Waals surface area (Å²) in [6.45, 7) is 2.35. The molecule has 2 aromatic rings. The summed E-state index contributed by atoms with van der Waals surface area (Å²) in [6.07, 6.45) is 3.83. The van der Waals surface area contributed by atoms with Crippen LogP contribution in [-0.2, 0) is 9.59 Å². The van der Waals surface area contributed by atoms with E-state index in [0.717, 1.165) is 50.2 Å². The molecule has 0 atom stereocenters. The first kappa shape index (κ1) is 25.0. The summed E-state index contributed by atoms with van der Waals surface area (Å²) in [4.78, 5) is 46.7. The Morgan fingerprint density at radius 1 is 0.892 bits per heavy atom. The quantitative estimate of drug-likeness (QED) is 0.680. The number of hydrogen-bond acceptors (Lipinski definition) is 4. The first-order valence-electron chi connectivity index (χ1n) is 12.8. The summed E-state index contributed by atoms with van der Waals surface area (Å²) < 4.78 is 27.2. The van der Waals surface area contributed by atoms with Crippen LogP contribution in [0.25, 0.3) is 0 Å². The van der Waals surface area contributed by atoms with Gasteiger partial charge in [0.2, 0.25) is 5.91 Å². The predicted molar refractivity (Wildman–Crippen MR) is 135 cm³/mol. The largest absolute Gasteiger partial charge is 0.341 e. The molecule has 3 heterocycles. The van der Waals surface area contributed by atoms with Crippen LogP contribution in [0.3, 0.4) is 0 Å². The number of benzene rings is 2. The van der Waals surface area contributed by atoms with Gasteiger partial charge < -0.3 is 24.9 Å². The molecule has 196 valence electrons. The van der Waals surface area contributed by atoms with Crippen molar-refractivity contribution in [3.63, 3.8) is 0 Å². The monoisotopic (exact) mass is 511 g/mol. The van der Waals surface area contributed by atoms with Gasteiger partial charge in [-0.3, -0.25) is 9.59 Å². The number of nitrogens with zero attached hydrogens (tertiary/aromatic N) is 4. The van der Waals surface area contributed by atoms with Gasteiger partial charge in [0.1, 0.15) is 23.7 Å². The van der Waals surface area contributed by atoms with Crippen LogP contribution in [0.4, 0.5) is 25.0 Å². The van der Waals surface area contributed by atoms with Gasteiger partial charge in [0.15, 0.2) is 0 Å². The van der Waals surface area contributed by atoms with Gasteiger partial charge >= 0.3 is 6.03 Å². The van der Waals surface area contributed by atoms with Crippen molar-refractivity contribution in [1.82, 2.24) is 14.7 Å². The zero-order chi connectivity index (χ0) is 26.0. The Hall–Kier alpha value is -3.69. The maximum atomic E-state index is 14.0. The summed E-state index contributed by atoms with van der Waals surface area (Å²) in [5, 5.41) is 2.50. The second kappa shape index (κ2) is 10.4. The number of para-hydroxylation sites is 1. The Kier molecular flexibility index (Phi) is 6.99. The van der Waals surface area contributed by atoms with Crippen LogP contribution in [-0.4, -0.2) is 77.5 Å². The van der Waals surface area contributed by atoms with E-state index in [4.69, 9.17) is 0 Å². The summed E-state index contributed by atoms with van der Waals surface area (Å²) >= 11 is 0. The number of carbonyl (C=O) groups excluding carboxylic acids is 3. The first-order valence-corrected chi connectivity index (χ1v) is 12.8. The highest BCUT2D eigenvalue weighted by atomic mass is 19.1.